The average molecular weight is 507 g/mol. The molecule has 0 spiro atoms. The summed E-state index contributed by atoms with van der Waals surface area (Å²) in [5, 5.41) is 9.64. The van der Waals surface area contributed by atoms with Gasteiger partial charge >= 0.3 is 6.09 Å². The van der Waals surface area contributed by atoms with Gasteiger partial charge in [-0.25, -0.2) is 4.79 Å². The molecule has 2 aliphatic rings. The highest BCUT2D eigenvalue weighted by atomic mass is 35.5. The van der Waals surface area contributed by atoms with Crippen molar-refractivity contribution >= 4 is 29.5 Å². The molecular weight excluding hydrogens is 468 g/mol. The van der Waals surface area contributed by atoms with Crippen molar-refractivity contribution < 1.29 is 19.1 Å². The van der Waals surface area contributed by atoms with Gasteiger partial charge in [0.05, 0.1) is 6.54 Å². The minimum atomic E-state index is -0.586. The minimum absolute atomic E-state index is 0.0155. The van der Waals surface area contributed by atoms with Crippen LogP contribution in [0.1, 0.15) is 76.8 Å². The van der Waals surface area contributed by atoms with E-state index in [0.29, 0.717) is 24.0 Å². The maximum atomic E-state index is 13.0. The third-order valence-corrected chi connectivity index (χ3v) is 6.70. The van der Waals surface area contributed by atoms with Crippen LogP contribution in [-0.4, -0.2) is 53.6 Å². The largest absolute Gasteiger partial charge is 0.444 e. The number of nitrogens with one attached hydrogen (secondary N) is 3. The summed E-state index contributed by atoms with van der Waals surface area (Å²) in [5.41, 5.74) is 1.05. The molecule has 3 N–H and O–H groups in total. The Morgan fingerprint density at radius 1 is 1.00 bits per heavy atom. The normalized spacial score (nSPS) is 18.9. The zero-order chi connectivity index (χ0) is 25.4. The number of hydrogen-bond donors (Lipinski definition) is 3. The molecule has 0 unspecified atom stereocenters. The summed E-state index contributed by atoms with van der Waals surface area (Å²) in [7, 11) is 0. The first-order valence-electron chi connectivity index (χ1n) is 12.7. The van der Waals surface area contributed by atoms with Crippen LogP contribution in [0.5, 0.6) is 0 Å². The predicted octanol–water partition coefficient (Wildman–Crippen LogP) is 3.89. The third kappa shape index (κ3) is 8.69. The van der Waals surface area contributed by atoms with E-state index in [1.807, 2.05) is 6.07 Å². The Morgan fingerprint density at radius 2 is 1.71 bits per heavy atom. The highest BCUT2D eigenvalue weighted by Gasteiger charge is 2.34. The number of rotatable bonds is 8. The van der Waals surface area contributed by atoms with Crippen LogP contribution in [-0.2, 0) is 27.4 Å². The second-order valence-corrected chi connectivity index (χ2v) is 10.9. The molecule has 1 heterocycles. The Labute approximate surface area is 213 Å². The van der Waals surface area contributed by atoms with Crippen molar-refractivity contribution in [1.29, 1.82) is 0 Å². The van der Waals surface area contributed by atoms with E-state index in [1.54, 1.807) is 37.8 Å². The second-order valence-electron chi connectivity index (χ2n) is 10.4. The average Bonchev–Trinajstić information content (AvgIpc) is 3.30. The molecule has 1 aliphatic heterocycles. The van der Waals surface area contributed by atoms with Gasteiger partial charge in [-0.15, -0.1) is 0 Å². The van der Waals surface area contributed by atoms with Crippen molar-refractivity contribution in [2.75, 3.05) is 13.1 Å². The second kappa shape index (κ2) is 12.6. The molecule has 9 heteroatoms. The van der Waals surface area contributed by atoms with Crippen LogP contribution >= 0.6 is 11.6 Å². The predicted molar refractivity (Wildman–Crippen MR) is 136 cm³/mol. The number of halogens is 1. The number of ether oxygens (including phenoxy) is 1. The highest BCUT2D eigenvalue weighted by molar-refractivity contribution is 6.30. The number of likely N-dealkylation sites (tertiary alicyclic amines) is 1. The van der Waals surface area contributed by atoms with E-state index in [0.717, 1.165) is 30.4 Å². The fourth-order valence-electron chi connectivity index (χ4n) is 4.69. The molecule has 3 amide bonds. The molecular formula is C26H39ClN4O4. The monoisotopic (exact) mass is 506 g/mol. The van der Waals surface area contributed by atoms with E-state index in [4.69, 9.17) is 16.3 Å². The summed E-state index contributed by atoms with van der Waals surface area (Å²) < 4.78 is 5.29. The molecule has 8 nitrogen and oxygen atoms in total. The lowest BCUT2D eigenvalue weighted by Gasteiger charge is -2.27. The van der Waals surface area contributed by atoms with E-state index in [2.05, 4.69) is 16.0 Å². The molecule has 1 saturated heterocycles. The van der Waals surface area contributed by atoms with Crippen molar-refractivity contribution in [2.45, 2.75) is 96.5 Å². The Hall–Kier alpha value is -2.32. The fourth-order valence-corrected chi connectivity index (χ4v) is 4.89. The fraction of sp³-hybridized carbons (Fsp3) is 0.654. The van der Waals surface area contributed by atoms with Crippen molar-refractivity contribution in [3.05, 3.63) is 34.3 Å². The number of alkyl carbamates (subject to hydrolysis) is 1. The number of hydrogen-bond acceptors (Lipinski definition) is 5. The SMILES string of the molecule is CC(C)(C)OC(=O)NCc1ccc(Cl)cc1CNC(=O)[C@@H]1CCCN1C(=O)CNC1CCCCC1. The van der Waals surface area contributed by atoms with E-state index in [1.165, 1.54) is 19.3 Å². The molecule has 2 fully saturated rings. The van der Waals surface area contributed by atoms with Gasteiger partial charge in [0.2, 0.25) is 11.8 Å². The van der Waals surface area contributed by atoms with Gasteiger partial charge in [0, 0.05) is 30.7 Å². The number of carbonyl (C=O) groups excluding carboxylic acids is 3. The molecule has 3 rings (SSSR count). The first kappa shape index (κ1) is 27.3. The summed E-state index contributed by atoms with van der Waals surface area (Å²) in [6.07, 6.45) is 6.87. The molecule has 0 bridgehead atoms. The van der Waals surface area contributed by atoms with Gasteiger partial charge in [-0.1, -0.05) is 36.9 Å². The van der Waals surface area contributed by atoms with E-state index < -0.39 is 17.7 Å². The Kier molecular flexibility index (Phi) is 9.80. The summed E-state index contributed by atoms with van der Waals surface area (Å²) in [4.78, 5) is 39.6. The van der Waals surface area contributed by atoms with Gasteiger partial charge < -0.3 is 25.6 Å². The number of amides is 3. The molecule has 194 valence electrons. The molecule has 1 atom stereocenters. The van der Waals surface area contributed by atoms with Crippen LogP contribution in [0, 0.1) is 0 Å². The van der Waals surface area contributed by atoms with Crippen molar-refractivity contribution in [1.82, 2.24) is 20.9 Å². The Morgan fingerprint density at radius 3 is 2.43 bits per heavy atom. The van der Waals surface area contributed by atoms with E-state index >= 15 is 0 Å². The van der Waals surface area contributed by atoms with Crippen molar-refractivity contribution in [3.8, 4) is 0 Å². The lowest BCUT2D eigenvalue weighted by Crippen LogP contribution is -2.49. The number of nitrogens with zero attached hydrogens (tertiary/aromatic N) is 1. The van der Waals surface area contributed by atoms with Crippen LogP contribution < -0.4 is 16.0 Å². The van der Waals surface area contributed by atoms with E-state index in [9.17, 15) is 14.4 Å². The smallest absolute Gasteiger partial charge is 0.407 e. The van der Waals surface area contributed by atoms with Crippen LogP contribution in [0.4, 0.5) is 4.79 Å². The minimum Gasteiger partial charge on any atom is -0.444 e. The lowest BCUT2D eigenvalue weighted by atomic mass is 9.95. The summed E-state index contributed by atoms with van der Waals surface area (Å²) >= 11 is 6.19. The Bertz CT molecular complexity index is 896. The van der Waals surface area contributed by atoms with Gasteiger partial charge in [0.15, 0.2) is 0 Å². The zero-order valence-electron chi connectivity index (χ0n) is 21.1. The molecule has 1 aromatic rings. The standard InChI is InChI=1S/C26H39ClN4O4/c1-26(2,3)35-25(34)30-15-18-11-12-20(27)14-19(18)16-29-24(33)22-10-7-13-31(22)23(32)17-28-21-8-5-4-6-9-21/h11-12,14,21-22,28H,4-10,13,15-17H2,1-3H3,(H,29,33)(H,30,34)/t22-/m0/s1. The van der Waals surface area contributed by atoms with Crippen LogP contribution in [0.25, 0.3) is 0 Å². The highest BCUT2D eigenvalue weighted by Crippen LogP contribution is 2.21. The van der Waals surface area contributed by atoms with Crippen LogP contribution in [0.2, 0.25) is 5.02 Å². The van der Waals surface area contributed by atoms with Gasteiger partial charge in [-0.2, -0.15) is 0 Å². The molecule has 35 heavy (non-hydrogen) atoms. The van der Waals surface area contributed by atoms with Gasteiger partial charge in [0.1, 0.15) is 11.6 Å². The molecule has 1 saturated carbocycles. The first-order valence-corrected chi connectivity index (χ1v) is 13.0. The van der Waals surface area contributed by atoms with Gasteiger partial charge in [-0.05, 0) is 69.7 Å². The molecule has 1 aromatic carbocycles. The van der Waals surface area contributed by atoms with Gasteiger partial charge in [0.25, 0.3) is 0 Å². The summed E-state index contributed by atoms with van der Waals surface area (Å²) in [6.45, 7) is 6.80. The number of carbonyl (C=O) groups is 3. The quantitative estimate of drug-likeness (QED) is 0.496. The zero-order valence-corrected chi connectivity index (χ0v) is 21.9. The van der Waals surface area contributed by atoms with Crippen LogP contribution in [0.3, 0.4) is 0 Å². The summed E-state index contributed by atoms with van der Waals surface area (Å²) in [6, 6.07) is 5.29. The third-order valence-electron chi connectivity index (χ3n) is 6.47. The van der Waals surface area contributed by atoms with Crippen molar-refractivity contribution in [3.63, 3.8) is 0 Å². The topological polar surface area (TPSA) is 99.8 Å². The lowest BCUT2D eigenvalue weighted by molar-refractivity contribution is -0.138. The molecule has 0 aromatic heterocycles. The van der Waals surface area contributed by atoms with Gasteiger partial charge in [-0.3, -0.25) is 9.59 Å². The summed E-state index contributed by atoms with van der Waals surface area (Å²) in [5.74, 6) is -0.183. The van der Waals surface area contributed by atoms with Crippen LogP contribution in [0.15, 0.2) is 18.2 Å². The Balaban J connectivity index is 1.53. The molecule has 1 aliphatic carbocycles. The molecule has 0 radical (unpaired) electrons. The van der Waals surface area contributed by atoms with E-state index in [-0.39, 0.29) is 31.4 Å². The maximum Gasteiger partial charge on any atom is 0.407 e. The van der Waals surface area contributed by atoms with Crippen molar-refractivity contribution in [2.24, 2.45) is 0 Å². The first-order chi connectivity index (χ1) is 16.6. The maximum absolute atomic E-state index is 13.0. The number of benzene rings is 1.